The molecule has 3 aromatic rings. The molecule has 0 unspecified atom stereocenters. The van der Waals surface area contributed by atoms with Gasteiger partial charge in [0, 0.05) is 19.3 Å². The highest BCUT2D eigenvalue weighted by Crippen LogP contribution is 2.33. The van der Waals surface area contributed by atoms with Crippen LogP contribution in [-0.4, -0.2) is 40.2 Å². The fourth-order valence-corrected chi connectivity index (χ4v) is 3.57. The smallest absolute Gasteiger partial charge is 0.377 e. The van der Waals surface area contributed by atoms with Crippen molar-refractivity contribution in [1.29, 1.82) is 0 Å². The predicted octanol–water partition coefficient (Wildman–Crippen LogP) is 4.27. The fraction of sp³-hybridized carbons (Fsp3) is 0.381. The second kappa shape index (κ2) is 7.71. The van der Waals surface area contributed by atoms with E-state index in [1.54, 1.807) is 24.4 Å². The molecule has 6 nitrogen and oxygen atoms in total. The van der Waals surface area contributed by atoms with Gasteiger partial charge in [-0.1, -0.05) is 18.2 Å². The Hall–Kier alpha value is -2.94. The Morgan fingerprint density at radius 2 is 1.93 bits per heavy atom. The van der Waals surface area contributed by atoms with Gasteiger partial charge in [-0.2, -0.15) is 23.1 Å². The maximum absolute atomic E-state index is 13.3. The van der Waals surface area contributed by atoms with Gasteiger partial charge in [-0.3, -0.25) is 0 Å². The summed E-state index contributed by atoms with van der Waals surface area (Å²) in [7, 11) is 0. The van der Waals surface area contributed by atoms with Gasteiger partial charge < -0.3 is 15.0 Å². The molecule has 0 bridgehead atoms. The third-order valence-electron chi connectivity index (χ3n) is 5.12. The first-order chi connectivity index (χ1) is 14.3. The number of halogens is 3. The van der Waals surface area contributed by atoms with Gasteiger partial charge in [0.05, 0.1) is 29.7 Å². The number of benzene rings is 1. The normalized spacial score (nSPS) is 16.6. The van der Waals surface area contributed by atoms with E-state index in [1.165, 1.54) is 12.1 Å². The number of fused-ring (bicyclic) bond motifs is 1. The number of morpholine rings is 1. The maximum atomic E-state index is 13.3. The standard InChI is InChI=1S/C21H22F3N5O/c1-20(2)13-30-11-10-29(20)19-27-17-15(7-5-9-25-17)18(28-19)26-12-14-6-3-4-8-16(14)21(22,23)24/h3-9H,10-13H2,1-2H3,(H,25,26,27,28). The van der Waals surface area contributed by atoms with Gasteiger partial charge in [0.1, 0.15) is 5.82 Å². The third kappa shape index (κ3) is 4.02. The van der Waals surface area contributed by atoms with Crippen LogP contribution in [0.15, 0.2) is 42.6 Å². The molecule has 1 aromatic carbocycles. The van der Waals surface area contributed by atoms with E-state index in [1.807, 2.05) is 18.7 Å². The van der Waals surface area contributed by atoms with Gasteiger partial charge in [0.2, 0.25) is 5.95 Å². The van der Waals surface area contributed by atoms with Gasteiger partial charge >= 0.3 is 6.18 Å². The Balaban J connectivity index is 1.71. The quantitative estimate of drug-likeness (QED) is 0.684. The summed E-state index contributed by atoms with van der Waals surface area (Å²) in [6.45, 7) is 5.73. The molecular weight excluding hydrogens is 395 g/mol. The lowest BCUT2D eigenvalue weighted by atomic mass is 10.0. The molecule has 1 fully saturated rings. The minimum atomic E-state index is -4.42. The summed E-state index contributed by atoms with van der Waals surface area (Å²) < 4.78 is 45.6. The van der Waals surface area contributed by atoms with Crippen molar-refractivity contribution in [3.05, 3.63) is 53.7 Å². The zero-order chi connectivity index (χ0) is 21.4. The zero-order valence-electron chi connectivity index (χ0n) is 16.7. The Labute approximate surface area is 172 Å². The van der Waals surface area contributed by atoms with Gasteiger partial charge in [-0.25, -0.2) is 4.98 Å². The van der Waals surface area contributed by atoms with Gasteiger partial charge in [-0.05, 0) is 37.6 Å². The number of ether oxygens (including phenoxy) is 1. The van der Waals surface area contributed by atoms with Crippen LogP contribution in [0.3, 0.4) is 0 Å². The van der Waals surface area contributed by atoms with Crippen molar-refractivity contribution in [1.82, 2.24) is 15.0 Å². The number of hydrogen-bond acceptors (Lipinski definition) is 6. The number of nitrogens with one attached hydrogen (secondary N) is 1. The highest BCUT2D eigenvalue weighted by molar-refractivity contribution is 5.87. The summed E-state index contributed by atoms with van der Waals surface area (Å²) >= 11 is 0. The Morgan fingerprint density at radius 1 is 1.13 bits per heavy atom. The summed E-state index contributed by atoms with van der Waals surface area (Å²) in [6.07, 6.45) is -2.79. The lowest BCUT2D eigenvalue weighted by molar-refractivity contribution is -0.138. The summed E-state index contributed by atoms with van der Waals surface area (Å²) in [5.74, 6) is 0.920. The van der Waals surface area contributed by atoms with Gasteiger partial charge in [-0.15, -0.1) is 0 Å². The van der Waals surface area contributed by atoms with Crippen molar-refractivity contribution < 1.29 is 17.9 Å². The van der Waals surface area contributed by atoms with E-state index in [2.05, 4.69) is 20.3 Å². The second-order valence-corrected chi connectivity index (χ2v) is 7.77. The lowest BCUT2D eigenvalue weighted by Gasteiger charge is -2.42. The van der Waals surface area contributed by atoms with Crippen molar-refractivity contribution in [3.8, 4) is 0 Å². The van der Waals surface area contributed by atoms with Crippen molar-refractivity contribution in [2.24, 2.45) is 0 Å². The molecule has 0 amide bonds. The first kappa shape index (κ1) is 20.3. The highest BCUT2D eigenvalue weighted by atomic mass is 19.4. The molecule has 1 aliphatic rings. The predicted molar refractivity (Wildman–Crippen MR) is 108 cm³/mol. The van der Waals surface area contributed by atoms with Crippen LogP contribution < -0.4 is 10.2 Å². The Morgan fingerprint density at radius 3 is 2.70 bits per heavy atom. The number of pyridine rings is 1. The average Bonchev–Trinajstić information content (AvgIpc) is 2.71. The van der Waals surface area contributed by atoms with Crippen LogP contribution in [0.4, 0.5) is 24.9 Å². The first-order valence-corrected chi connectivity index (χ1v) is 9.63. The molecule has 0 spiro atoms. The first-order valence-electron chi connectivity index (χ1n) is 9.63. The maximum Gasteiger partial charge on any atom is 0.416 e. The summed E-state index contributed by atoms with van der Waals surface area (Å²) in [4.78, 5) is 15.6. The number of nitrogens with zero attached hydrogens (tertiary/aromatic N) is 4. The highest BCUT2D eigenvalue weighted by Gasteiger charge is 2.34. The molecule has 3 heterocycles. The molecule has 2 aromatic heterocycles. The van der Waals surface area contributed by atoms with Crippen molar-refractivity contribution in [3.63, 3.8) is 0 Å². The molecule has 0 saturated carbocycles. The van der Waals surface area contributed by atoms with E-state index in [-0.39, 0.29) is 17.6 Å². The number of anilines is 2. The van der Waals surface area contributed by atoms with Crippen LogP contribution >= 0.6 is 0 Å². The van der Waals surface area contributed by atoms with Crippen LogP contribution in [0.1, 0.15) is 25.0 Å². The van der Waals surface area contributed by atoms with E-state index in [0.717, 1.165) is 6.07 Å². The van der Waals surface area contributed by atoms with Crippen LogP contribution in [0, 0.1) is 0 Å². The topological polar surface area (TPSA) is 63.2 Å². The molecule has 1 aliphatic heterocycles. The molecule has 1 N–H and O–H groups in total. The van der Waals surface area contributed by atoms with E-state index < -0.39 is 11.7 Å². The van der Waals surface area contributed by atoms with Gasteiger partial charge in [0.15, 0.2) is 5.65 Å². The monoisotopic (exact) mass is 417 g/mol. The molecule has 30 heavy (non-hydrogen) atoms. The van der Waals surface area contributed by atoms with E-state index in [9.17, 15) is 13.2 Å². The second-order valence-electron chi connectivity index (χ2n) is 7.77. The Kier molecular flexibility index (Phi) is 5.23. The van der Waals surface area contributed by atoms with E-state index >= 15 is 0 Å². The SMILES string of the molecule is CC1(C)COCCN1c1nc(NCc2ccccc2C(F)(F)F)c2cccnc2n1. The van der Waals surface area contributed by atoms with Crippen LogP contribution in [0.2, 0.25) is 0 Å². The molecular formula is C21H22F3N5O. The van der Waals surface area contributed by atoms with Crippen molar-refractivity contribution >= 4 is 22.8 Å². The minimum Gasteiger partial charge on any atom is -0.377 e. The molecule has 158 valence electrons. The van der Waals surface area contributed by atoms with Crippen LogP contribution in [-0.2, 0) is 17.5 Å². The molecule has 0 aliphatic carbocycles. The lowest BCUT2D eigenvalue weighted by Crippen LogP contribution is -2.53. The van der Waals surface area contributed by atoms with Crippen LogP contribution in [0.5, 0.6) is 0 Å². The third-order valence-corrected chi connectivity index (χ3v) is 5.12. The Bertz CT molecular complexity index is 1050. The molecule has 9 heteroatoms. The molecule has 0 atom stereocenters. The largest absolute Gasteiger partial charge is 0.416 e. The van der Waals surface area contributed by atoms with Crippen molar-refractivity contribution in [2.45, 2.75) is 32.1 Å². The summed E-state index contributed by atoms with van der Waals surface area (Å²) in [5.41, 5.74) is -0.352. The molecule has 0 radical (unpaired) electrons. The fourth-order valence-electron chi connectivity index (χ4n) is 3.57. The number of aromatic nitrogens is 3. The summed E-state index contributed by atoms with van der Waals surface area (Å²) in [5, 5.41) is 3.72. The number of hydrogen-bond donors (Lipinski definition) is 1. The van der Waals surface area contributed by atoms with Crippen LogP contribution in [0.25, 0.3) is 11.0 Å². The summed E-state index contributed by atoms with van der Waals surface area (Å²) in [6, 6.07) is 9.07. The van der Waals surface area contributed by atoms with Gasteiger partial charge in [0.25, 0.3) is 0 Å². The number of rotatable bonds is 4. The minimum absolute atomic E-state index is 0.0252. The van der Waals surface area contributed by atoms with Crippen molar-refractivity contribution in [2.75, 3.05) is 30.0 Å². The van der Waals surface area contributed by atoms with E-state index in [4.69, 9.17) is 4.74 Å². The molecule has 1 saturated heterocycles. The zero-order valence-corrected chi connectivity index (χ0v) is 16.7. The van der Waals surface area contributed by atoms with E-state index in [0.29, 0.717) is 42.6 Å². The molecule has 4 rings (SSSR count). The number of alkyl halides is 3. The average molecular weight is 417 g/mol.